The summed E-state index contributed by atoms with van der Waals surface area (Å²) >= 11 is 0. The summed E-state index contributed by atoms with van der Waals surface area (Å²) in [4.78, 5) is 0. The van der Waals surface area contributed by atoms with Crippen molar-refractivity contribution in [1.29, 1.82) is 0 Å². The molecular formula is C15H22O2. The predicted molar refractivity (Wildman–Crippen MR) is 69.5 cm³/mol. The number of hydrogen-bond acceptors (Lipinski definition) is 2. The molecule has 2 rings (SSSR count). The first kappa shape index (κ1) is 12.4. The quantitative estimate of drug-likeness (QED) is 0.847. The third-order valence-electron chi connectivity index (χ3n) is 3.37. The van der Waals surface area contributed by atoms with Crippen molar-refractivity contribution in [2.24, 2.45) is 5.92 Å². The van der Waals surface area contributed by atoms with Gasteiger partial charge in [-0.2, -0.15) is 0 Å². The molecule has 1 aromatic carbocycles. The van der Waals surface area contributed by atoms with Crippen molar-refractivity contribution < 1.29 is 9.84 Å². The lowest BCUT2D eigenvalue weighted by Gasteiger charge is -2.17. The second kappa shape index (κ2) is 5.09. The van der Waals surface area contributed by atoms with Crippen molar-refractivity contribution in [1.82, 2.24) is 0 Å². The van der Waals surface area contributed by atoms with Gasteiger partial charge in [0.2, 0.25) is 0 Å². The van der Waals surface area contributed by atoms with Crippen LogP contribution in [-0.2, 0) is 0 Å². The van der Waals surface area contributed by atoms with Gasteiger partial charge in [0.15, 0.2) is 0 Å². The number of benzene rings is 1. The van der Waals surface area contributed by atoms with Crippen molar-refractivity contribution in [3.8, 4) is 5.75 Å². The molecule has 1 aromatic rings. The molecule has 0 radical (unpaired) electrons. The van der Waals surface area contributed by atoms with Gasteiger partial charge in [0.05, 0.1) is 6.10 Å². The molecule has 0 bridgehead atoms. The molecule has 0 aromatic heterocycles. The van der Waals surface area contributed by atoms with E-state index in [4.69, 9.17) is 4.74 Å². The smallest absolute Gasteiger partial charge is 0.123 e. The van der Waals surface area contributed by atoms with Gasteiger partial charge in [-0.05, 0) is 48.8 Å². The standard InChI is InChI=1S/C15H22O2/c1-10(2)13-7-4-11(3)8-15(13)17-9-14(16)12-5-6-12/h4,7-8,10,12,14,16H,5-6,9H2,1-3H3. The first-order valence-corrected chi connectivity index (χ1v) is 6.49. The fourth-order valence-corrected chi connectivity index (χ4v) is 2.04. The van der Waals surface area contributed by atoms with Crippen LogP contribution in [0.1, 0.15) is 43.7 Å². The van der Waals surface area contributed by atoms with Gasteiger partial charge in [-0.15, -0.1) is 0 Å². The maximum atomic E-state index is 9.82. The Morgan fingerprint density at radius 3 is 2.65 bits per heavy atom. The van der Waals surface area contributed by atoms with E-state index in [1.807, 2.05) is 0 Å². The van der Waals surface area contributed by atoms with E-state index in [0.29, 0.717) is 18.4 Å². The topological polar surface area (TPSA) is 29.5 Å². The van der Waals surface area contributed by atoms with Crippen LogP contribution in [-0.4, -0.2) is 17.8 Å². The Balaban J connectivity index is 2.04. The van der Waals surface area contributed by atoms with Crippen LogP contribution >= 0.6 is 0 Å². The lowest BCUT2D eigenvalue weighted by atomic mass is 10.0. The third-order valence-corrected chi connectivity index (χ3v) is 3.37. The highest BCUT2D eigenvalue weighted by Crippen LogP contribution is 2.33. The number of aryl methyl sites for hydroxylation is 1. The van der Waals surface area contributed by atoms with E-state index in [1.165, 1.54) is 11.1 Å². The molecule has 0 aliphatic heterocycles. The lowest BCUT2D eigenvalue weighted by Crippen LogP contribution is -2.20. The zero-order valence-electron chi connectivity index (χ0n) is 10.9. The van der Waals surface area contributed by atoms with E-state index >= 15 is 0 Å². The second-order valence-corrected chi connectivity index (χ2v) is 5.41. The highest BCUT2D eigenvalue weighted by atomic mass is 16.5. The molecule has 0 spiro atoms. The molecule has 1 saturated carbocycles. The Bertz CT molecular complexity index is 381. The number of rotatable bonds is 5. The average Bonchev–Trinajstić information content (AvgIpc) is 3.09. The van der Waals surface area contributed by atoms with E-state index in [1.54, 1.807) is 0 Å². The van der Waals surface area contributed by atoms with E-state index in [0.717, 1.165) is 18.6 Å². The molecule has 0 heterocycles. The van der Waals surface area contributed by atoms with Crippen molar-refractivity contribution in [2.75, 3.05) is 6.61 Å². The van der Waals surface area contributed by atoms with Crippen LogP contribution in [0.15, 0.2) is 18.2 Å². The Morgan fingerprint density at radius 2 is 2.06 bits per heavy atom. The van der Waals surface area contributed by atoms with Gasteiger partial charge in [0, 0.05) is 0 Å². The summed E-state index contributed by atoms with van der Waals surface area (Å²) in [6, 6.07) is 6.30. The molecule has 17 heavy (non-hydrogen) atoms. The van der Waals surface area contributed by atoms with Crippen LogP contribution in [0.3, 0.4) is 0 Å². The molecule has 1 unspecified atom stereocenters. The lowest BCUT2D eigenvalue weighted by molar-refractivity contribution is 0.0888. The molecule has 0 amide bonds. The molecule has 94 valence electrons. The average molecular weight is 234 g/mol. The number of hydrogen-bond donors (Lipinski definition) is 1. The summed E-state index contributed by atoms with van der Waals surface area (Å²) in [7, 11) is 0. The van der Waals surface area contributed by atoms with Crippen molar-refractivity contribution in [3.05, 3.63) is 29.3 Å². The minimum absolute atomic E-state index is 0.296. The van der Waals surface area contributed by atoms with Gasteiger partial charge in [-0.1, -0.05) is 26.0 Å². The molecular weight excluding hydrogens is 212 g/mol. The Hall–Kier alpha value is -1.02. The van der Waals surface area contributed by atoms with Gasteiger partial charge in [0.25, 0.3) is 0 Å². The number of aliphatic hydroxyl groups excluding tert-OH is 1. The predicted octanol–water partition coefficient (Wildman–Crippen LogP) is 3.27. The fourth-order valence-electron chi connectivity index (χ4n) is 2.04. The molecule has 0 saturated heterocycles. The summed E-state index contributed by atoms with van der Waals surface area (Å²) in [5, 5.41) is 9.82. The molecule has 1 fully saturated rings. The van der Waals surface area contributed by atoms with Crippen LogP contribution < -0.4 is 4.74 Å². The van der Waals surface area contributed by atoms with Crippen LogP contribution in [0.5, 0.6) is 5.75 Å². The maximum absolute atomic E-state index is 9.82. The van der Waals surface area contributed by atoms with Crippen LogP contribution in [0.25, 0.3) is 0 Å². The SMILES string of the molecule is Cc1ccc(C(C)C)c(OCC(O)C2CC2)c1. The van der Waals surface area contributed by atoms with Gasteiger partial charge in [0.1, 0.15) is 12.4 Å². The van der Waals surface area contributed by atoms with Gasteiger partial charge >= 0.3 is 0 Å². The van der Waals surface area contributed by atoms with Crippen molar-refractivity contribution in [3.63, 3.8) is 0 Å². The molecule has 1 N–H and O–H groups in total. The zero-order chi connectivity index (χ0) is 12.4. The normalized spacial score (nSPS) is 17.2. The molecule has 2 heteroatoms. The van der Waals surface area contributed by atoms with E-state index in [-0.39, 0.29) is 6.10 Å². The summed E-state index contributed by atoms with van der Waals surface area (Å²) in [5.41, 5.74) is 2.42. The largest absolute Gasteiger partial charge is 0.491 e. The maximum Gasteiger partial charge on any atom is 0.123 e. The first-order chi connectivity index (χ1) is 8.08. The minimum Gasteiger partial charge on any atom is -0.491 e. The first-order valence-electron chi connectivity index (χ1n) is 6.49. The Morgan fingerprint density at radius 1 is 1.35 bits per heavy atom. The summed E-state index contributed by atoms with van der Waals surface area (Å²) in [6.45, 7) is 6.81. The Kier molecular flexibility index (Phi) is 3.72. The fraction of sp³-hybridized carbons (Fsp3) is 0.600. The van der Waals surface area contributed by atoms with Crippen LogP contribution in [0.2, 0.25) is 0 Å². The minimum atomic E-state index is -0.296. The van der Waals surface area contributed by atoms with Crippen molar-refractivity contribution >= 4 is 0 Å². The van der Waals surface area contributed by atoms with Crippen molar-refractivity contribution in [2.45, 2.75) is 45.6 Å². The highest BCUT2D eigenvalue weighted by Gasteiger charge is 2.30. The number of ether oxygens (including phenoxy) is 1. The van der Waals surface area contributed by atoms with Gasteiger partial charge in [-0.25, -0.2) is 0 Å². The van der Waals surface area contributed by atoms with E-state index in [9.17, 15) is 5.11 Å². The monoisotopic (exact) mass is 234 g/mol. The third kappa shape index (κ3) is 3.22. The molecule has 2 nitrogen and oxygen atoms in total. The molecule has 1 atom stereocenters. The molecule has 1 aliphatic carbocycles. The van der Waals surface area contributed by atoms with Crippen LogP contribution in [0, 0.1) is 12.8 Å². The second-order valence-electron chi connectivity index (χ2n) is 5.41. The highest BCUT2D eigenvalue weighted by molar-refractivity contribution is 5.39. The Labute approximate surface area is 104 Å². The molecule has 1 aliphatic rings. The summed E-state index contributed by atoms with van der Waals surface area (Å²) < 4.78 is 5.79. The van der Waals surface area contributed by atoms with Gasteiger partial charge in [-0.3, -0.25) is 0 Å². The summed E-state index contributed by atoms with van der Waals surface area (Å²) in [6.07, 6.45) is 2.00. The zero-order valence-corrected chi connectivity index (χ0v) is 10.9. The number of aliphatic hydroxyl groups is 1. The summed E-state index contributed by atoms with van der Waals surface area (Å²) in [5.74, 6) is 1.85. The van der Waals surface area contributed by atoms with E-state index in [2.05, 4.69) is 39.0 Å². The van der Waals surface area contributed by atoms with Gasteiger partial charge < -0.3 is 9.84 Å². The van der Waals surface area contributed by atoms with Crippen LogP contribution in [0.4, 0.5) is 0 Å². The van der Waals surface area contributed by atoms with E-state index < -0.39 is 0 Å².